The second kappa shape index (κ2) is 6.07. The van der Waals surface area contributed by atoms with Gasteiger partial charge in [-0.3, -0.25) is 4.79 Å². The molecule has 0 amide bonds. The Kier molecular flexibility index (Phi) is 4.72. The number of rotatable bonds is 5. The Bertz CT molecular complexity index is 355. The van der Waals surface area contributed by atoms with Gasteiger partial charge in [0.1, 0.15) is 0 Å². The van der Waals surface area contributed by atoms with Gasteiger partial charge < -0.3 is 15.2 Å². The minimum atomic E-state index is -0.290. The van der Waals surface area contributed by atoms with Crippen molar-refractivity contribution in [3.05, 3.63) is 23.9 Å². The Morgan fingerprint density at radius 3 is 2.88 bits per heavy atom. The van der Waals surface area contributed by atoms with E-state index in [1.165, 1.54) is 14.2 Å². The Morgan fingerprint density at radius 2 is 2.31 bits per heavy atom. The third kappa shape index (κ3) is 2.93. The van der Waals surface area contributed by atoms with Crippen LogP contribution in [0.4, 0.5) is 0 Å². The maximum atomic E-state index is 11.2. The summed E-state index contributed by atoms with van der Waals surface area (Å²) in [6, 6.07) is 3.64. The fourth-order valence-corrected chi connectivity index (χ4v) is 1.49. The number of methoxy groups -OCH3 is 2. The number of nitrogens with zero attached hydrogens (tertiary/aromatic N) is 1. The lowest BCUT2D eigenvalue weighted by Gasteiger charge is -2.15. The van der Waals surface area contributed by atoms with Crippen LogP contribution in [0, 0.1) is 0 Å². The lowest BCUT2D eigenvalue weighted by atomic mass is 9.97. The quantitative estimate of drug-likeness (QED) is 0.745. The first kappa shape index (κ1) is 12.4. The van der Waals surface area contributed by atoms with Gasteiger partial charge in [-0.05, 0) is 12.6 Å². The van der Waals surface area contributed by atoms with Crippen LogP contribution in [0.3, 0.4) is 0 Å². The zero-order chi connectivity index (χ0) is 12.0. The molecule has 0 bridgehead atoms. The first-order chi connectivity index (χ1) is 7.72. The van der Waals surface area contributed by atoms with Gasteiger partial charge in [0.15, 0.2) is 0 Å². The second-order valence-electron chi connectivity index (χ2n) is 3.31. The SMILES string of the molecule is COC(=O)CC(CN)c1cccnc1OC. The molecule has 1 atom stereocenters. The predicted molar refractivity (Wildman–Crippen MR) is 59.2 cm³/mol. The van der Waals surface area contributed by atoms with E-state index in [0.29, 0.717) is 12.4 Å². The van der Waals surface area contributed by atoms with Crippen molar-refractivity contribution < 1.29 is 14.3 Å². The number of hydrogen-bond acceptors (Lipinski definition) is 5. The topological polar surface area (TPSA) is 74.4 Å². The third-order valence-electron chi connectivity index (χ3n) is 2.36. The molecule has 1 rings (SSSR count). The average molecular weight is 224 g/mol. The molecule has 2 N–H and O–H groups in total. The number of carbonyl (C=O) groups excluding carboxylic acids is 1. The number of carbonyl (C=O) groups is 1. The van der Waals surface area contributed by atoms with Crippen LogP contribution in [0.1, 0.15) is 17.9 Å². The fraction of sp³-hybridized carbons (Fsp3) is 0.455. The van der Waals surface area contributed by atoms with Crippen LogP contribution < -0.4 is 10.5 Å². The minimum Gasteiger partial charge on any atom is -0.481 e. The van der Waals surface area contributed by atoms with E-state index in [9.17, 15) is 4.79 Å². The van der Waals surface area contributed by atoms with Crippen LogP contribution in [0.15, 0.2) is 18.3 Å². The van der Waals surface area contributed by atoms with Gasteiger partial charge in [0.25, 0.3) is 0 Å². The molecular formula is C11H16N2O3. The van der Waals surface area contributed by atoms with Crippen molar-refractivity contribution in [2.75, 3.05) is 20.8 Å². The zero-order valence-electron chi connectivity index (χ0n) is 9.47. The Morgan fingerprint density at radius 1 is 1.56 bits per heavy atom. The molecule has 1 heterocycles. The monoisotopic (exact) mass is 224 g/mol. The normalized spacial score (nSPS) is 11.9. The molecule has 5 nitrogen and oxygen atoms in total. The number of hydrogen-bond donors (Lipinski definition) is 1. The Labute approximate surface area is 94.6 Å². The molecule has 0 saturated heterocycles. The molecule has 0 saturated carbocycles. The van der Waals surface area contributed by atoms with Crippen LogP contribution in [0.25, 0.3) is 0 Å². The number of pyridine rings is 1. The van der Waals surface area contributed by atoms with Gasteiger partial charge in [-0.1, -0.05) is 6.07 Å². The highest BCUT2D eigenvalue weighted by atomic mass is 16.5. The van der Waals surface area contributed by atoms with E-state index in [1.54, 1.807) is 12.3 Å². The van der Waals surface area contributed by atoms with Crippen molar-refractivity contribution in [2.24, 2.45) is 5.73 Å². The van der Waals surface area contributed by atoms with Crippen LogP contribution in [-0.2, 0) is 9.53 Å². The van der Waals surface area contributed by atoms with Gasteiger partial charge >= 0.3 is 5.97 Å². The van der Waals surface area contributed by atoms with E-state index in [1.807, 2.05) is 6.07 Å². The molecule has 0 fully saturated rings. The number of nitrogens with two attached hydrogens (primary N) is 1. The van der Waals surface area contributed by atoms with E-state index < -0.39 is 0 Å². The summed E-state index contributed by atoms with van der Waals surface area (Å²) in [5, 5.41) is 0. The summed E-state index contributed by atoms with van der Waals surface area (Å²) < 4.78 is 9.75. The molecule has 1 aromatic heterocycles. The summed E-state index contributed by atoms with van der Waals surface area (Å²) in [5.74, 6) is 0.0827. The van der Waals surface area contributed by atoms with Gasteiger partial charge in [-0.25, -0.2) is 4.98 Å². The fourth-order valence-electron chi connectivity index (χ4n) is 1.49. The first-order valence-electron chi connectivity index (χ1n) is 4.98. The molecule has 1 unspecified atom stereocenters. The minimum absolute atomic E-state index is 0.129. The van der Waals surface area contributed by atoms with E-state index >= 15 is 0 Å². The summed E-state index contributed by atoms with van der Waals surface area (Å²) in [6.45, 7) is 0.344. The van der Waals surface area contributed by atoms with Gasteiger partial charge in [0.05, 0.1) is 20.6 Å². The van der Waals surface area contributed by atoms with Gasteiger partial charge in [0.2, 0.25) is 5.88 Å². The lowest BCUT2D eigenvalue weighted by molar-refractivity contribution is -0.141. The van der Waals surface area contributed by atoms with E-state index in [0.717, 1.165) is 5.56 Å². The number of ether oxygens (including phenoxy) is 2. The van der Waals surface area contributed by atoms with E-state index in [4.69, 9.17) is 10.5 Å². The van der Waals surface area contributed by atoms with Gasteiger partial charge in [-0.15, -0.1) is 0 Å². The molecular weight excluding hydrogens is 208 g/mol. The molecule has 1 aromatic rings. The highest BCUT2D eigenvalue weighted by Crippen LogP contribution is 2.26. The molecule has 88 valence electrons. The van der Waals surface area contributed by atoms with Crippen LogP contribution >= 0.6 is 0 Å². The van der Waals surface area contributed by atoms with Crippen molar-refractivity contribution in [1.29, 1.82) is 0 Å². The summed E-state index contributed by atoms with van der Waals surface area (Å²) in [7, 11) is 2.90. The van der Waals surface area contributed by atoms with Crippen molar-refractivity contribution in [2.45, 2.75) is 12.3 Å². The largest absolute Gasteiger partial charge is 0.481 e. The standard InChI is InChI=1S/C11H16N2O3/c1-15-10(14)6-8(7-12)9-4-3-5-13-11(9)16-2/h3-5,8H,6-7,12H2,1-2H3. The predicted octanol–water partition coefficient (Wildman–Crippen LogP) is 0.696. The molecule has 0 aromatic carbocycles. The molecule has 0 aliphatic heterocycles. The summed E-state index contributed by atoms with van der Waals surface area (Å²) in [4.78, 5) is 15.3. The maximum absolute atomic E-state index is 11.2. The third-order valence-corrected chi connectivity index (χ3v) is 2.36. The summed E-state index contributed by atoms with van der Waals surface area (Å²) in [6.07, 6.45) is 1.86. The summed E-state index contributed by atoms with van der Waals surface area (Å²) >= 11 is 0. The Hall–Kier alpha value is -1.62. The smallest absolute Gasteiger partial charge is 0.306 e. The maximum Gasteiger partial charge on any atom is 0.306 e. The van der Waals surface area contributed by atoms with Crippen molar-refractivity contribution in [3.63, 3.8) is 0 Å². The number of aromatic nitrogens is 1. The van der Waals surface area contributed by atoms with Gasteiger partial charge in [-0.2, -0.15) is 0 Å². The number of esters is 1. The highest BCUT2D eigenvalue weighted by molar-refractivity contribution is 5.70. The Balaban J connectivity index is 2.89. The van der Waals surface area contributed by atoms with Crippen LogP contribution in [-0.4, -0.2) is 31.7 Å². The van der Waals surface area contributed by atoms with Gasteiger partial charge in [0, 0.05) is 17.7 Å². The molecule has 0 radical (unpaired) electrons. The zero-order valence-corrected chi connectivity index (χ0v) is 9.47. The van der Waals surface area contributed by atoms with Crippen LogP contribution in [0.5, 0.6) is 5.88 Å². The molecule has 5 heteroatoms. The van der Waals surface area contributed by atoms with E-state index in [2.05, 4.69) is 9.72 Å². The first-order valence-corrected chi connectivity index (χ1v) is 4.98. The van der Waals surface area contributed by atoms with Crippen LogP contribution in [0.2, 0.25) is 0 Å². The molecule has 0 spiro atoms. The molecule has 0 aliphatic carbocycles. The van der Waals surface area contributed by atoms with E-state index in [-0.39, 0.29) is 18.3 Å². The highest BCUT2D eigenvalue weighted by Gasteiger charge is 2.19. The van der Waals surface area contributed by atoms with Crippen molar-refractivity contribution in [1.82, 2.24) is 4.98 Å². The molecule has 0 aliphatic rings. The van der Waals surface area contributed by atoms with Crippen molar-refractivity contribution in [3.8, 4) is 5.88 Å². The van der Waals surface area contributed by atoms with Crippen molar-refractivity contribution >= 4 is 5.97 Å². The average Bonchev–Trinajstić information content (AvgIpc) is 2.35. The lowest BCUT2D eigenvalue weighted by Crippen LogP contribution is -2.18. The second-order valence-corrected chi connectivity index (χ2v) is 3.31. The molecule has 16 heavy (non-hydrogen) atoms. The summed E-state index contributed by atoms with van der Waals surface area (Å²) in [5.41, 5.74) is 6.47.